The lowest BCUT2D eigenvalue weighted by molar-refractivity contribution is -0.495. The Labute approximate surface area is 313 Å². The summed E-state index contributed by atoms with van der Waals surface area (Å²) in [5, 5.41) is 0. The highest BCUT2D eigenvalue weighted by Crippen LogP contribution is 2.60. The second-order valence-corrected chi connectivity index (χ2v) is 13.9. The van der Waals surface area contributed by atoms with Crippen molar-refractivity contribution in [2.45, 2.75) is 182 Å². The van der Waals surface area contributed by atoms with Gasteiger partial charge in [0, 0.05) is 0 Å². The minimum atomic E-state index is -7.52. The highest BCUT2D eigenvalue weighted by Gasteiger charge is 2.88. The molecule has 2 atom stereocenters. The van der Waals surface area contributed by atoms with Gasteiger partial charge in [-0.3, -0.25) is 0 Å². The predicted octanol–water partition coefficient (Wildman–Crippen LogP) is 13.1. The van der Waals surface area contributed by atoms with Crippen molar-refractivity contribution in [3.05, 3.63) is 0 Å². The summed E-state index contributed by atoms with van der Waals surface area (Å²) in [6.45, 7) is -0.123. The molecule has 0 bridgehead atoms. The first-order valence-electron chi connectivity index (χ1n) is 16.9. The van der Waals surface area contributed by atoms with Crippen LogP contribution in [0, 0.1) is 0 Å². The number of hydrogen-bond acceptors (Lipinski definition) is 4. The molecule has 2 unspecified atom stereocenters. The molecule has 0 radical (unpaired) electrons. The van der Waals surface area contributed by atoms with E-state index in [1.54, 1.807) is 0 Å². The molecule has 2 N–H and O–H groups in total. The van der Waals surface area contributed by atoms with Crippen LogP contribution < -0.4 is 0 Å². The van der Waals surface area contributed by atoms with Gasteiger partial charge in [0.2, 0.25) is 0 Å². The molecule has 0 heterocycles. The van der Waals surface area contributed by atoms with E-state index in [1.807, 2.05) is 0 Å². The third-order valence-electron chi connectivity index (χ3n) is 8.74. The van der Waals surface area contributed by atoms with Crippen LogP contribution in [0.4, 0.5) is 79.0 Å². The number of unbranched alkanes of at least 4 members (excludes halogenated alkanes) is 14. The van der Waals surface area contributed by atoms with Crippen molar-refractivity contribution in [1.29, 1.82) is 0 Å². The van der Waals surface area contributed by atoms with Gasteiger partial charge in [-0.25, -0.2) is 0 Å². The molecule has 328 valence electrons. The minimum Gasteiger partial charge on any atom is -0.412 e. The van der Waals surface area contributed by atoms with Crippen LogP contribution in [-0.4, -0.2) is 76.9 Å². The standard InChI is InChI=1S/C31H46F18O2S2.H2O/c1-23(19-15-11-7-3-5-9-13-17-21-53,51-25(29(41,42)43,30(44,45)46)31(47,48)49)22(18-14-10-6-2-4-8-12-16-20-52)50-24(26(32,33)34,27(35,36)37)28(38,39)40;/h22,52-53H,2-21H2,1H3;1H2. The first kappa shape index (κ1) is 55.4. The molecule has 0 rings (SSSR count). The maximum absolute atomic E-state index is 14.0. The first-order chi connectivity index (χ1) is 23.9. The Morgan fingerprint density at radius 3 is 0.926 bits per heavy atom. The lowest BCUT2D eigenvalue weighted by Gasteiger charge is -2.49. The van der Waals surface area contributed by atoms with Gasteiger partial charge in [-0.1, -0.05) is 89.9 Å². The molecular formula is C31H48F18O3S2. The van der Waals surface area contributed by atoms with Gasteiger partial charge in [0.15, 0.2) is 0 Å². The summed E-state index contributed by atoms with van der Waals surface area (Å²) < 4.78 is 260. The Morgan fingerprint density at radius 2 is 0.648 bits per heavy atom. The molecule has 0 saturated heterocycles. The smallest absolute Gasteiger partial charge is 0.412 e. The molecule has 0 aliphatic carbocycles. The van der Waals surface area contributed by atoms with Crippen LogP contribution in [0.25, 0.3) is 0 Å². The zero-order chi connectivity index (χ0) is 41.6. The van der Waals surface area contributed by atoms with Crippen molar-refractivity contribution >= 4 is 25.3 Å². The van der Waals surface area contributed by atoms with Crippen LogP contribution in [-0.2, 0) is 9.47 Å². The number of ether oxygens (including phenoxy) is 2. The Balaban J connectivity index is 0. The van der Waals surface area contributed by atoms with Crippen LogP contribution >= 0.6 is 25.3 Å². The fraction of sp³-hybridized carbons (Fsp3) is 1.00. The minimum absolute atomic E-state index is 0. The maximum Gasteiger partial charge on any atom is 0.435 e. The van der Waals surface area contributed by atoms with Gasteiger partial charge in [-0.05, 0) is 44.1 Å². The van der Waals surface area contributed by atoms with E-state index in [-0.39, 0.29) is 38.1 Å². The molecular weight excluding hydrogens is 826 g/mol. The summed E-state index contributed by atoms with van der Waals surface area (Å²) in [5.74, 6) is 1.12. The third kappa shape index (κ3) is 14.9. The van der Waals surface area contributed by atoms with Crippen LogP contribution in [0.2, 0.25) is 0 Å². The highest BCUT2D eigenvalue weighted by atomic mass is 32.1. The first-order valence-corrected chi connectivity index (χ1v) is 18.2. The average molecular weight is 875 g/mol. The highest BCUT2D eigenvalue weighted by molar-refractivity contribution is 7.80. The van der Waals surface area contributed by atoms with Gasteiger partial charge in [0.1, 0.15) is 0 Å². The van der Waals surface area contributed by atoms with Crippen LogP contribution in [0.15, 0.2) is 0 Å². The quantitative estimate of drug-likeness (QED) is 0.0545. The molecule has 0 aromatic rings. The Morgan fingerprint density at radius 1 is 0.389 bits per heavy atom. The van der Waals surface area contributed by atoms with Gasteiger partial charge < -0.3 is 14.9 Å². The van der Waals surface area contributed by atoms with E-state index >= 15 is 0 Å². The number of thiol groups is 2. The van der Waals surface area contributed by atoms with Gasteiger partial charge in [0.25, 0.3) is 0 Å². The lowest BCUT2D eigenvalue weighted by Crippen LogP contribution is -2.73. The molecule has 54 heavy (non-hydrogen) atoms. The maximum atomic E-state index is 14.0. The fourth-order valence-corrected chi connectivity index (χ4v) is 6.27. The fourth-order valence-electron chi connectivity index (χ4n) is 5.82. The van der Waals surface area contributed by atoms with E-state index in [2.05, 4.69) is 34.7 Å². The molecule has 0 spiro atoms. The van der Waals surface area contributed by atoms with E-state index in [0.717, 1.165) is 25.7 Å². The molecule has 0 amide bonds. The molecule has 0 aliphatic heterocycles. The van der Waals surface area contributed by atoms with E-state index in [9.17, 15) is 79.0 Å². The Bertz CT molecular complexity index is 938. The molecule has 0 aromatic heterocycles. The molecule has 0 aliphatic rings. The zero-order valence-electron chi connectivity index (χ0n) is 29.2. The third-order valence-corrected chi connectivity index (χ3v) is 9.37. The summed E-state index contributed by atoms with van der Waals surface area (Å²) in [6.07, 6.45) is -47.9. The lowest BCUT2D eigenvalue weighted by atomic mass is 9.85. The summed E-state index contributed by atoms with van der Waals surface area (Å²) in [7, 11) is 0. The monoisotopic (exact) mass is 874 g/mol. The summed E-state index contributed by atoms with van der Waals surface area (Å²) in [4.78, 5) is 0. The second-order valence-electron chi connectivity index (χ2n) is 13.0. The Hall–Kier alpha value is -0.680. The molecule has 0 fully saturated rings. The molecule has 3 nitrogen and oxygen atoms in total. The molecule has 23 heteroatoms. The Kier molecular flexibility index (Phi) is 23.1. The van der Waals surface area contributed by atoms with E-state index in [1.165, 1.54) is 0 Å². The summed E-state index contributed by atoms with van der Waals surface area (Å²) >= 11 is 8.03. The normalized spacial score (nSPS) is 15.9. The number of alkyl halides is 18. The van der Waals surface area contributed by atoms with Crippen LogP contribution in [0.1, 0.15) is 122 Å². The largest absolute Gasteiger partial charge is 0.435 e. The van der Waals surface area contributed by atoms with Gasteiger partial charge in [-0.15, -0.1) is 0 Å². The zero-order valence-corrected chi connectivity index (χ0v) is 31.0. The second kappa shape index (κ2) is 22.5. The van der Waals surface area contributed by atoms with Gasteiger partial charge >= 0.3 is 48.3 Å². The molecule has 0 aromatic carbocycles. The summed E-state index contributed by atoms with van der Waals surface area (Å²) in [5.41, 5.74) is -18.6. The SMILES string of the molecule is CC(CCCCCCCCCCS)(OC(C(F)(F)F)(C(F)(F)F)C(F)(F)F)C(CCCCCCCCCCS)OC(C(F)(F)F)(C(F)(F)F)C(F)(F)F.O. The molecule has 0 saturated carbocycles. The topological polar surface area (TPSA) is 50.0 Å². The van der Waals surface area contributed by atoms with Crippen molar-refractivity contribution in [3.63, 3.8) is 0 Å². The summed E-state index contributed by atoms with van der Waals surface area (Å²) in [6, 6.07) is 0. The van der Waals surface area contributed by atoms with Crippen molar-refractivity contribution in [1.82, 2.24) is 0 Å². The van der Waals surface area contributed by atoms with Crippen LogP contribution in [0.3, 0.4) is 0 Å². The van der Waals surface area contributed by atoms with Gasteiger partial charge in [-0.2, -0.15) is 104 Å². The van der Waals surface area contributed by atoms with Crippen LogP contribution in [0.5, 0.6) is 0 Å². The average Bonchev–Trinajstić information content (AvgIpc) is 2.95. The van der Waals surface area contributed by atoms with Crippen molar-refractivity contribution < 1.29 is 94.0 Å². The number of halogens is 18. The van der Waals surface area contributed by atoms with Crippen molar-refractivity contribution in [2.75, 3.05) is 11.5 Å². The van der Waals surface area contributed by atoms with Crippen molar-refractivity contribution in [2.24, 2.45) is 0 Å². The van der Waals surface area contributed by atoms with E-state index in [0.29, 0.717) is 50.0 Å². The van der Waals surface area contributed by atoms with E-state index < -0.39 is 85.6 Å². The van der Waals surface area contributed by atoms with E-state index in [4.69, 9.17) is 0 Å². The number of rotatable bonds is 25. The predicted molar refractivity (Wildman–Crippen MR) is 171 cm³/mol. The van der Waals surface area contributed by atoms with Gasteiger partial charge in [0.05, 0.1) is 11.7 Å². The van der Waals surface area contributed by atoms with Crippen molar-refractivity contribution in [3.8, 4) is 0 Å². The number of hydrogen-bond donors (Lipinski definition) is 2.